The molecule has 5 nitrogen and oxygen atoms in total. The van der Waals surface area contributed by atoms with Crippen LogP contribution in [0.1, 0.15) is 42.4 Å². The zero-order chi connectivity index (χ0) is 15.3. The van der Waals surface area contributed by atoms with Crippen molar-refractivity contribution < 1.29 is 22.9 Å². The van der Waals surface area contributed by atoms with E-state index in [9.17, 15) is 17.8 Å². The highest BCUT2D eigenvalue weighted by atomic mass is 32.2. The minimum absolute atomic E-state index is 0.0127. The first-order chi connectivity index (χ1) is 9.21. The van der Waals surface area contributed by atoms with Gasteiger partial charge in [0, 0.05) is 6.42 Å². The predicted octanol–water partition coefficient (Wildman–Crippen LogP) is 2.74. The maximum absolute atomic E-state index is 11.4. The third kappa shape index (κ3) is 4.94. The van der Waals surface area contributed by atoms with E-state index >= 15 is 0 Å². The van der Waals surface area contributed by atoms with Crippen LogP contribution < -0.4 is 0 Å². The first-order valence-corrected chi connectivity index (χ1v) is 7.95. The summed E-state index contributed by atoms with van der Waals surface area (Å²) in [6.45, 7) is 3.53. The molecule has 0 fully saturated rings. The molecule has 0 unspecified atom stereocenters. The van der Waals surface area contributed by atoms with Crippen LogP contribution in [0.2, 0.25) is 0 Å². The molecule has 0 aromatic heterocycles. The van der Waals surface area contributed by atoms with Crippen molar-refractivity contribution in [3.63, 3.8) is 0 Å². The van der Waals surface area contributed by atoms with Gasteiger partial charge in [-0.05, 0) is 44.2 Å². The average molecular weight is 300 g/mol. The van der Waals surface area contributed by atoms with Crippen LogP contribution in [0, 0.1) is 13.8 Å². The minimum Gasteiger partial charge on any atom is -0.481 e. The van der Waals surface area contributed by atoms with E-state index in [2.05, 4.69) is 0 Å². The zero-order valence-corrected chi connectivity index (χ0v) is 12.5. The molecule has 112 valence electrons. The smallest absolute Gasteiger partial charge is 0.303 e. The number of carbonyl (C=O) groups is 1. The Balaban J connectivity index is 2.81. The van der Waals surface area contributed by atoms with Crippen molar-refractivity contribution in [3.8, 4) is 0 Å². The summed E-state index contributed by atoms with van der Waals surface area (Å²) < 4.78 is 32.2. The molecule has 1 rings (SSSR count). The van der Waals surface area contributed by atoms with Gasteiger partial charge >= 0.3 is 5.97 Å². The minimum atomic E-state index is -4.23. The Kier molecular flexibility index (Phi) is 5.71. The fourth-order valence-electron chi connectivity index (χ4n) is 2.37. The predicted molar refractivity (Wildman–Crippen MR) is 75.5 cm³/mol. The van der Waals surface area contributed by atoms with Gasteiger partial charge in [0.2, 0.25) is 0 Å². The highest BCUT2D eigenvalue weighted by Crippen LogP contribution is 2.24. The quantitative estimate of drug-likeness (QED) is 0.596. The van der Waals surface area contributed by atoms with Gasteiger partial charge in [-0.25, -0.2) is 0 Å². The summed E-state index contributed by atoms with van der Waals surface area (Å²) in [5, 5.41) is 8.54. The van der Waals surface area contributed by atoms with E-state index in [1.54, 1.807) is 19.1 Å². The van der Waals surface area contributed by atoms with Crippen LogP contribution in [0.25, 0.3) is 0 Å². The lowest BCUT2D eigenvalue weighted by Gasteiger charge is -2.11. The number of carboxylic acids is 1. The molecule has 0 atom stereocenters. The molecule has 0 aliphatic heterocycles. The summed E-state index contributed by atoms with van der Waals surface area (Å²) in [4.78, 5) is 10.4. The van der Waals surface area contributed by atoms with Crippen LogP contribution in [-0.2, 0) is 21.3 Å². The molecule has 1 aromatic carbocycles. The van der Waals surface area contributed by atoms with E-state index in [4.69, 9.17) is 5.11 Å². The second-order valence-electron chi connectivity index (χ2n) is 5.00. The normalized spacial score (nSPS) is 11.6. The number of hydrogen-bond donors (Lipinski definition) is 2. The van der Waals surface area contributed by atoms with Gasteiger partial charge in [0.25, 0.3) is 10.1 Å². The third-order valence-corrected chi connectivity index (χ3v) is 4.19. The van der Waals surface area contributed by atoms with E-state index in [0.29, 0.717) is 36.8 Å². The molecular formula is C14H20O5S. The van der Waals surface area contributed by atoms with Gasteiger partial charge in [0.15, 0.2) is 0 Å². The van der Waals surface area contributed by atoms with Crippen LogP contribution in [0.4, 0.5) is 0 Å². The number of carboxylic acid groups (broad SMARTS) is 1. The number of rotatable bonds is 7. The second-order valence-corrected chi connectivity index (χ2v) is 6.36. The largest absolute Gasteiger partial charge is 0.481 e. The number of benzene rings is 1. The number of hydrogen-bond acceptors (Lipinski definition) is 3. The number of unbranched alkanes of at least 4 members (excludes halogenated alkanes) is 2. The van der Waals surface area contributed by atoms with Crippen molar-refractivity contribution >= 4 is 16.1 Å². The molecule has 0 amide bonds. The third-order valence-electron chi connectivity index (χ3n) is 3.09. The molecule has 1 aromatic rings. The molecule has 0 heterocycles. The van der Waals surface area contributed by atoms with Gasteiger partial charge in [0.05, 0.1) is 4.90 Å². The van der Waals surface area contributed by atoms with E-state index in [-0.39, 0.29) is 11.3 Å². The molecule has 0 radical (unpaired) electrons. The van der Waals surface area contributed by atoms with Crippen LogP contribution in [0.5, 0.6) is 0 Å². The first kappa shape index (κ1) is 16.7. The van der Waals surface area contributed by atoms with Crippen molar-refractivity contribution in [1.29, 1.82) is 0 Å². The van der Waals surface area contributed by atoms with Gasteiger partial charge in [-0.1, -0.05) is 24.1 Å². The highest BCUT2D eigenvalue weighted by molar-refractivity contribution is 7.86. The van der Waals surface area contributed by atoms with Gasteiger partial charge in [-0.3, -0.25) is 9.35 Å². The van der Waals surface area contributed by atoms with Crippen molar-refractivity contribution in [2.75, 3.05) is 0 Å². The maximum atomic E-state index is 11.4. The summed E-state index contributed by atoms with van der Waals surface area (Å²) in [5.74, 6) is -0.824. The van der Waals surface area contributed by atoms with Crippen LogP contribution in [0.15, 0.2) is 17.0 Å². The van der Waals surface area contributed by atoms with Crippen LogP contribution in [0.3, 0.4) is 0 Å². The molecular weight excluding hydrogens is 280 g/mol. The average Bonchev–Trinajstić information content (AvgIpc) is 2.24. The topological polar surface area (TPSA) is 91.7 Å². The summed E-state index contributed by atoms with van der Waals surface area (Å²) in [7, 11) is -4.23. The number of aryl methyl sites for hydroxylation is 3. The molecule has 0 spiro atoms. The van der Waals surface area contributed by atoms with Crippen molar-refractivity contribution in [1.82, 2.24) is 0 Å². The fraction of sp³-hybridized carbons (Fsp3) is 0.500. The Hall–Kier alpha value is -1.40. The Morgan fingerprint density at radius 1 is 1.15 bits per heavy atom. The van der Waals surface area contributed by atoms with E-state index in [1.165, 1.54) is 0 Å². The fourth-order valence-corrected chi connectivity index (χ4v) is 3.32. The van der Waals surface area contributed by atoms with Gasteiger partial charge < -0.3 is 5.11 Å². The summed E-state index contributed by atoms with van der Waals surface area (Å²) in [6.07, 6.45) is 2.61. The molecule has 0 bridgehead atoms. The summed E-state index contributed by atoms with van der Waals surface area (Å²) >= 11 is 0. The SMILES string of the molecule is Cc1cc(C)c(S(=O)(=O)O)c(CCCCCC(=O)O)c1. The Morgan fingerprint density at radius 3 is 2.35 bits per heavy atom. The number of aliphatic carboxylic acids is 1. The molecule has 0 aliphatic rings. The van der Waals surface area contributed by atoms with E-state index < -0.39 is 16.1 Å². The van der Waals surface area contributed by atoms with Crippen molar-refractivity contribution in [3.05, 3.63) is 28.8 Å². The van der Waals surface area contributed by atoms with Crippen molar-refractivity contribution in [2.45, 2.75) is 50.8 Å². The second kappa shape index (κ2) is 6.85. The molecule has 6 heteroatoms. The van der Waals surface area contributed by atoms with Crippen LogP contribution >= 0.6 is 0 Å². The van der Waals surface area contributed by atoms with Gasteiger partial charge in [0.1, 0.15) is 0 Å². The molecule has 0 saturated heterocycles. The standard InChI is InChI=1S/C14H20O5S/c1-10-8-11(2)14(20(17,18)19)12(9-10)6-4-3-5-7-13(15)16/h8-9H,3-7H2,1-2H3,(H,15,16)(H,17,18,19). The molecule has 0 saturated carbocycles. The highest BCUT2D eigenvalue weighted by Gasteiger charge is 2.18. The first-order valence-electron chi connectivity index (χ1n) is 6.51. The molecule has 20 heavy (non-hydrogen) atoms. The molecule has 2 N–H and O–H groups in total. The van der Waals surface area contributed by atoms with E-state index in [0.717, 1.165) is 5.56 Å². The lowest BCUT2D eigenvalue weighted by molar-refractivity contribution is -0.137. The van der Waals surface area contributed by atoms with Gasteiger partial charge in [-0.15, -0.1) is 0 Å². The Labute approximate surface area is 119 Å². The zero-order valence-electron chi connectivity index (χ0n) is 11.7. The van der Waals surface area contributed by atoms with Crippen LogP contribution in [-0.4, -0.2) is 24.0 Å². The van der Waals surface area contributed by atoms with E-state index in [1.807, 2.05) is 6.92 Å². The Bertz CT molecular complexity index is 590. The summed E-state index contributed by atoms with van der Waals surface area (Å²) in [6, 6.07) is 3.48. The monoisotopic (exact) mass is 300 g/mol. The maximum Gasteiger partial charge on any atom is 0.303 e. The lowest BCUT2D eigenvalue weighted by Crippen LogP contribution is -2.07. The van der Waals surface area contributed by atoms with Gasteiger partial charge in [-0.2, -0.15) is 8.42 Å². The van der Waals surface area contributed by atoms with Crippen molar-refractivity contribution in [2.24, 2.45) is 0 Å². The lowest BCUT2D eigenvalue weighted by atomic mass is 10.0. The molecule has 0 aliphatic carbocycles. The Morgan fingerprint density at radius 2 is 1.80 bits per heavy atom. The summed E-state index contributed by atoms with van der Waals surface area (Å²) in [5.41, 5.74) is 2.07.